The Morgan fingerprint density at radius 3 is 2.96 bits per heavy atom. The van der Waals surface area contributed by atoms with Crippen LogP contribution in [0.25, 0.3) is 6.08 Å². The molecule has 1 aromatic rings. The molecule has 23 heavy (non-hydrogen) atoms. The van der Waals surface area contributed by atoms with Crippen LogP contribution in [-0.2, 0) is 4.79 Å². The van der Waals surface area contributed by atoms with Crippen molar-refractivity contribution in [2.75, 3.05) is 19.6 Å². The van der Waals surface area contributed by atoms with E-state index >= 15 is 0 Å². The van der Waals surface area contributed by atoms with Crippen molar-refractivity contribution in [3.05, 3.63) is 46.0 Å². The third kappa shape index (κ3) is 4.39. The van der Waals surface area contributed by atoms with Crippen LogP contribution >= 0.6 is 0 Å². The Labute approximate surface area is 135 Å². The zero-order valence-corrected chi connectivity index (χ0v) is 13.0. The van der Waals surface area contributed by atoms with E-state index in [-0.39, 0.29) is 11.6 Å². The Bertz CT molecular complexity index is 625. The lowest BCUT2D eigenvalue weighted by Crippen LogP contribution is -2.30. The largest absolute Gasteiger partial charge is 0.352 e. The van der Waals surface area contributed by atoms with Gasteiger partial charge in [0.15, 0.2) is 0 Å². The summed E-state index contributed by atoms with van der Waals surface area (Å²) in [6, 6.07) is 7.03. The van der Waals surface area contributed by atoms with Crippen LogP contribution in [0, 0.1) is 16.0 Å². The first kappa shape index (κ1) is 15.7. The molecule has 3 rings (SSSR count). The van der Waals surface area contributed by atoms with E-state index < -0.39 is 4.92 Å². The Kier molecular flexibility index (Phi) is 4.71. The van der Waals surface area contributed by atoms with Gasteiger partial charge in [-0.05, 0) is 43.4 Å². The van der Waals surface area contributed by atoms with Crippen molar-refractivity contribution in [2.45, 2.75) is 25.3 Å². The molecule has 1 heterocycles. The summed E-state index contributed by atoms with van der Waals surface area (Å²) >= 11 is 0. The fourth-order valence-corrected chi connectivity index (χ4v) is 3.02. The molecule has 6 nitrogen and oxygen atoms in total. The number of non-ortho nitro benzene ring substituents is 1. The molecule has 6 heteroatoms. The van der Waals surface area contributed by atoms with E-state index in [2.05, 4.69) is 10.2 Å². The van der Waals surface area contributed by atoms with Gasteiger partial charge in [0.2, 0.25) is 5.91 Å². The standard InChI is InChI=1S/C17H21N3O3/c21-17(7-4-13-2-1-3-16(10-13)20(22)23)18-11-14-8-9-19(12-14)15-5-6-15/h1-4,7,10,14-15H,5-6,8-9,11-12H2,(H,18,21)/b7-4+. The van der Waals surface area contributed by atoms with Gasteiger partial charge in [-0.25, -0.2) is 0 Å². The summed E-state index contributed by atoms with van der Waals surface area (Å²) in [7, 11) is 0. The highest BCUT2D eigenvalue weighted by Gasteiger charge is 2.34. The summed E-state index contributed by atoms with van der Waals surface area (Å²) in [6.07, 6.45) is 6.83. The maximum atomic E-state index is 11.9. The van der Waals surface area contributed by atoms with Gasteiger partial charge in [-0.15, -0.1) is 0 Å². The fraction of sp³-hybridized carbons (Fsp3) is 0.471. The molecule has 0 radical (unpaired) electrons. The highest BCUT2D eigenvalue weighted by molar-refractivity contribution is 5.91. The van der Waals surface area contributed by atoms with Crippen LogP contribution < -0.4 is 5.32 Å². The molecule has 0 aromatic heterocycles. The van der Waals surface area contributed by atoms with Crippen molar-refractivity contribution in [3.63, 3.8) is 0 Å². The predicted molar refractivity (Wildman–Crippen MR) is 87.8 cm³/mol. The first-order valence-corrected chi connectivity index (χ1v) is 8.06. The van der Waals surface area contributed by atoms with E-state index in [0.717, 1.165) is 25.6 Å². The van der Waals surface area contributed by atoms with Crippen LogP contribution in [0.4, 0.5) is 5.69 Å². The number of amides is 1. The van der Waals surface area contributed by atoms with Gasteiger partial charge >= 0.3 is 0 Å². The van der Waals surface area contributed by atoms with Crippen molar-refractivity contribution in [1.82, 2.24) is 10.2 Å². The second-order valence-corrected chi connectivity index (χ2v) is 6.31. The highest BCUT2D eigenvalue weighted by atomic mass is 16.6. The number of nitro benzene ring substituents is 1. The van der Waals surface area contributed by atoms with Crippen LogP contribution in [0.1, 0.15) is 24.8 Å². The molecule has 0 bridgehead atoms. The second-order valence-electron chi connectivity index (χ2n) is 6.31. The summed E-state index contributed by atoms with van der Waals surface area (Å²) in [5, 5.41) is 13.6. The minimum Gasteiger partial charge on any atom is -0.352 e. The zero-order valence-electron chi connectivity index (χ0n) is 13.0. The number of hydrogen-bond acceptors (Lipinski definition) is 4. The van der Waals surface area contributed by atoms with Gasteiger partial charge in [0.05, 0.1) is 4.92 Å². The van der Waals surface area contributed by atoms with Gasteiger partial charge in [0.1, 0.15) is 0 Å². The van der Waals surface area contributed by atoms with Gasteiger partial charge < -0.3 is 10.2 Å². The SMILES string of the molecule is O=C(/C=C/c1cccc([N+](=O)[O-])c1)NCC1CCN(C2CC2)C1. The van der Waals surface area contributed by atoms with Gasteiger partial charge in [0, 0.05) is 37.3 Å². The predicted octanol–water partition coefficient (Wildman–Crippen LogP) is 2.21. The number of carbonyl (C=O) groups excluding carboxylic acids is 1. The number of benzene rings is 1. The summed E-state index contributed by atoms with van der Waals surface area (Å²) in [5.74, 6) is 0.382. The van der Waals surface area contributed by atoms with Gasteiger partial charge in [-0.2, -0.15) is 0 Å². The molecule has 1 amide bonds. The van der Waals surface area contributed by atoms with E-state index in [1.807, 2.05) is 0 Å². The van der Waals surface area contributed by atoms with Crippen molar-refractivity contribution < 1.29 is 9.72 Å². The summed E-state index contributed by atoms with van der Waals surface area (Å²) in [5.41, 5.74) is 0.675. The van der Waals surface area contributed by atoms with E-state index in [4.69, 9.17) is 0 Å². The van der Waals surface area contributed by atoms with Crippen molar-refractivity contribution in [2.24, 2.45) is 5.92 Å². The zero-order chi connectivity index (χ0) is 16.2. The number of likely N-dealkylation sites (tertiary alicyclic amines) is 1. The molecule has 2 fully saturated rings. The minimum absolute atomic E-state index is 0.0266. The Morgan fingerprint density at radius 1 is 1.39 bits per heavy atom. The van der Waals surface area contributed by atoms with Crippen LogP contribution in [0.3, 0.4) is 0 Å². The van der Waals surface area contributed by atoms with Crippen LogP contribution in [0.5, 0.6) is 0 Å². The lowest BCUT2D eigenvalue weighted by Gasteiger charge is -2.14. The molecule has 1 saturated heterocycles. The number of hydrogen-bond donors (Lipinski definition) is 1. The molecule has 1 saturated carbocycles. The second kappa shape index (κ2) is 6.91. The number of carbonyl (C=O) groups is 1. The maximum Gasteiger partial charge on any atom is 0.270 e. The fourth-order valence-electron chi connectivity index (χ4n) is 3.02. The molecule has 1 N–H and O–H groups in total. The number of nitrogens with zero attached hydrogens (tertiary/aromatic N) is 2. The lowest BCUT2D eigenvalue weighted by molar-refractivity contribution is -0.384. The molecule has 1 aromatic carbocycles. The average molecular weight is 315 g/mol. The lowest BCUT2D eigenvalue weighted by atomic mass is 10.1. The summed E-state index contributed by atoms with van der Waals surface area (Å²) in [6.45, 7) is 2.93. The third-order valence-corrected chi connectivity index (χ3v) is 4.45. The smallest absolute Gasteiger partial charge is 0.270 e. The van der Waals surface area contributed by atoms with Crippen molar-refractivity contribution in [3.8, 4) is 0 Å². The molecular weight excluding hydrogens is 294 g/mol. The quantitative estimate of drug-likeness (QED) is 0.496. The van der Waals surface area contributed by atoms with Gasteiger partial charge in [-0.1, -0.05) is 12.1 Å². The molecule has 2 aliphatic rings. The van der Waals surface area contributed by atoms with Gasteiger partial charge in [-0.3, -0.25) is 14.9 Å². The van der Waals surface area contributed by atoms with Crippen LogP contribution in [-0.4, -0.2) is 41.4 Å². The molecule has 0 spiro atoms. The van der Waals surface area contributed by atoms with Crippen LogP contribution in [0.2, 0.25) is 0 Å². The Hall–Kier alpha value is -2.21. The topological polar surface area (TPSA) is 75.5 Å². The molecule has 1 aliphatic carbocycles. The normalized spacial score (nSPS) is 21.7. The van der Waals surface area contributed by atoms with Crippen molar-refractivity contribution in [1.29, 1.82) is 0 Å². The molecular formula is C17H21N3O3. The first-order chi connectivity index (χ1) is 11.1. The van der Waals surface area contributed by atoms with E-state index in [1.54, 1.807) is 18.2 Å². The van der Waals surface area contributed by atoms with Gasteiger partial charge in [0.25, 0.3) is 5.69 Å². The molecule has 1 atom stereocenters. The summed E-state index contributed by atoms with van der Waals surface area (Å²) < 4.78 is 0. The van der Waals surface area contributed by atoms with E-state index in [1.165, 1.54) is 31.1 Å². The highest BCUT2D eigenvalue weighted by Crippen LogP contribution is 2.31. The maximum absolute atomic E-state index is 11.9. The minimum atomic E-state index is -0.441. The number of nitrogens with one attached hydrogen (secondary N) is 1. The monoisotopic (exact) mass is 315 g/mol. The van der Waals surface area contributed by atoms with Crippen LogP contribution in [0.15, 0.2) is 30.3 Å². The first-order valence-electron chi connectivity index (χ1n) is 8.06. The molecule has 122 valence electrons. The number of nitro groups is 1. The average Bonchev–Trinajstić information content (AvgIpc) is 3.30. The van der Waals surface area contributed by atoms with Crippen molar-refractivity contribution >= 4 is 17.7 Å². The molecule has 1 unspecified atom stereocenters. The Balaban J connectivity index is 1.45. The summed E-state index contributed by atoms with van der Waals surface area (Å²) in [4.78, 5) is 24.7. The van der Waals surface area contributed by atoms with E-state index in [9.17, 15) is 14.9 Å². The Morgan fingerprint density at radius 2 is 2.22 bits per heavy atom. The number of rotatable bonds is 6. The van der Waals surface area contributed by atoms with E-state index in [0.29, 0.717) is 18.0 Å². The third-order valence-electron chi connectivity index (χ3n) is 4.45. The molecule has 1 aliphatic heterocycles.